The van der Waals surface area contributed by atoms with Gasteiger partial charge in [0.2, 0.25) is 0 Å². The van der Waals surface area contributed by atoms with Crippen LogP contribution in [0, 0.1) is 5.92 Å². The number of rotatable bonds is 3. The lowest BCUT2D eigenvalue weighted by Gasteiger charge is -2.11. The van der Waals surface area contributed by atoms with Gasteiger partial charge in [-0.15, -0.1) is 0 Å². The number of fused-ring (bicyclic) bond motifs is 1. The van der Waals surface area contributed by atoms with Crippen LogP contribution in [0.25, 0.3) is 11.0 Å². The van der Waals surface area contributed by atoms with Crippen LogP contribution >= 0.6 is 0 Å². The lowest BCUT2D eigenvalue weighted by Crippen LogP contribution is -2.17. The molecule has 0 N–H and O–H groups in total. The maximum Gasteiger partial charge on any atom is 0.336 e. The van der Waals surface area contributed by atoms with Crippen LogP contribution in [0.4, 0.5) is 0 Å². The number of ether oxygens (including phenoxy) is 1. The maximum atomic E-state index is 12.1. The fraction of sp³-hybridized carbons (Fsp3) is 0.444. The number of benzene rings is 1. The van der Waals surface area contributed by atoms with Gasteiger partial charge < -0.3 is 9.15 Å². The minimum Gasteiger partial charge on any atom is -0.426 e. The average molecular weight is 300 g/mol. The first-order chi connectivity index (χ1) is 10.5. The summed E-state index contributed by atoms with van der Waals surface area (Å²) in [5, 5.41) is 0.885. The molecule has 22 heavy (non-hydrogen) atoms. The molecule has 0 amide bonds. The van der Waals surface area contributed by atoms with E-state index in [-0.39, 0.29) is 23.4 Å². The number of hydrogen-bond donors (Lipinski definition) is 0. The van der Waals surface area contributed by atoms with Gasteiger partial charge in [0.15, 0.2) is 0 Å². The maximum absolute atomic E-state index is 12.1. The first-order valence-corrected chi connectivity index (χ1v) is 7.84. The van der Waals surface area contributed by atoms with Crippen molar-refractivity contribution >= 4 is 16.9 Å². The summed E-state index contributed by atoms with van der Waals surface area (Å²) in [6.45, 7) is 4.06. The highest BCUT2D eigenvalue weighted by atomic mass is 16.5. The third-order valence-electron chi connectivity index (χ3n) is 4.28. The van der Waals surface area contributed by atoms with Crippen LogP contribution in [-0.2, 0) is 4.79 Å². The van der Waals surface area contributed by atoms with Crippen molar-refractivity contribution < 1.29 is 13.9 Å². The standard InChI is InChI=1S/C18H20O4/c1-11(2)15-10-17(19)22-16-9-13(7-8-14(15)16)21-18(20)12-5-3-4-6-12/h7-12H,3-6H2,1-2H3. The van der Waals surface area contributed by atoms with Crippen LogP contribution in [0.1, 0.15) is 51.0 Å². The molecule has 2 aromatic rings. The highest BCUT2D eigenvalue weighted by Crippen LogP contribution is 2.29. The fourth-order valence-electron chi connectivity index (χ4n) is 3.07. The minimum atomic E-state index is -0.379. The summed E-state index contributed by atoms with van der Waals surface area (Å²) in [6.07, 6.45) is 3.98. The van der Waals surface area contributed by atoms with Crippen LogP contribution in [-0.4, -0.2) is 5.97 Å². The molecule has 3 rings (SSSR count). The van der Waals surface area contributed by atoms with E-state index in [0.29, 0.717) is 11.3 Å². The summed E-state index contributed by atoms with van der Waals surface area (Å²) in [4.78, 5) is 23.8. The van der Waals surface area contributed by atoms with Crippen molar-refractivity contribution in [2.45, 2.75) is 45.4 Å². The van der Waals surface area contributed by atoms with Gasteiger partial charge in [-0.2, -0.15) is 0 Å². The van der Waals surface area contributed by atoms with Crippen LogP contribution in [0.5, 0.6) is 5.75 Å². The van der Waals surface area contributed by atoms with Gasteiger partial charge in [-0.3, -0.25) is 4.79 Å². The summed E-state index contributed by atoms with van der Waals surface area (Å²) < 4.78 is 10.7. The molecule has 0 bridgehead atoms. The summed E-state index contributed by atoms with van der Waals surface area (Å²) >= 11 is 0. The van der Waals surface area contributed by atoms with E-state index in [0.717, 1.165) is 36.6 Å². The Morgan fingerprint density at radius 2 is 1.95 bits per heavy atom. The van der Waals surface area contributed by atoms with Gasteiger partial charge >= 0.3 is 11.6 Å². The number of esters is 1. The first-order valence-electron chi connectivity index (χ1n) is 7.84. The van der Waals surface area contributed by atoms with E-state index in [2.05, 4.69) is 0 Å². The molecule has 1 saturated carbocycles. The lowest BCUT2D eigenvalue weighted by molar-refractivity contribution is -0.138. The highest BCUT2D eigenvalue weighted by Gasteiger charge is 2.24. The molecule has 1 aromatic heterocycles. The molecule has 1 fully saturated rings. The predicted octanol–water partition coefficient (Wildman–Crippen LogP) is 4.01. The molecule has 0 aliphatic heterocycles. The largest absolute Gasteiger partial charge is 0.426 e. The second kappa shape index (κ2) is 5.95. The van der Waals surface area contributed by atoms with E-state index >= 15 is 0 Å². The van der Waals surface area contributed by atoms with Gasteiger partial charge in [0.25, 0.3) is 0 Å². The Morgan fingerprint density at radius 1 is 1.23 bits per heavy atom. The lowest BCUT2D eigenvalue weighted by atomic mass is 10.00. The Labute approximate surface area is 129 Å². The third kappa shape index (κ3) is 2.91. The van der Waals surface area contributed by atoms with E-state index < -0.39 is 0 Å². The smallest absolute Gasteiger partial charge is 0.336 e. The number of hydrogen-bond acceptors (Lipinski definition) is 4. The van der Waals surface area contributed by atoms with Gasteiger partial charge in [-0.05, 0) is 36.5 Å². The molecule has 0 unspecified atom stereocenters. The van der Waals surface area contributed by atoms with E-state index in [1.165, 1.54) is 6.07 Å². The topological polar surface area (TPSA) is 56.5 Å². The van der Waals surface area contributed by atoms with Crippen molar-refractivity contribution in [2.75, 3.05) is 0 Å². The highest BCUT2D eigenvalue weighted by molar-refractivity contribution is 5.83. The summed E-state index contributed by atoms with van der Waals surface area (Å²) in [5.41, 5.74) is 1.03. The quantitative estimate of drug-likeness (QED) is 0.488. The summed E-state index contributed by atoms with van der Waals surface area (Å²) in [5.74, 6) is 0.482. The molecule has 0 atom stereocenters. The molecular formula is C18H20O4. The van der Waals surface area contributed by atoms with E-state index in [4.69, 9.17) is 9.15 Å². The zero-order valence-electron chi connectivity index (χ0n) is 12.9. The Morgan fingerprint density at radius 3 is 2.64 bits per heavy atom. The van der Waals surface area contributed by atoms with Crippen LogP contribution in [0.2, 0.25) is 0 Å². The van der Waals surface area contributed by atoms with Gasteiger partial charge in [-0.25, -0.2) is 4.79 Å². The van der Waals surface area contributed by atoms with E-state index in [1.54, 1.807) is 12.1 Å². The molecule has 1 heterocycles. The molecule has 0 radical (unpaired) electrons. The second-order valence-electron chi connectivity index (χ2n) is 6.24. The molecule has 1 aliphatic carbocycles. The first kappa shape index (κ1) is 14.8. The average Bonchev–Trinajstić information content (AvgIpc) is 3.00. The Kier molecular flexibility index (Phi) is 4.01. The van der Waals surface area contributed by atoms with Crippen LogP contribution < -0.4 is 10.4 Å². The summed E-state index contributed by atoms with van der Waals surface area (Å²) in [6, 6.07) is 6.78. The Balaban J connectivity index is 1.92. The SMILES string of the molecule is CC(C)c1cc(=O)oc2cc(OC(=O)C3CCCC3)ccc12. The van der Waals surface area contributed by atoms with Crippen LogP contribution in [0.3, 0.4) is 0 Å². The van der Waals surface area contributed by atoms with Crippen LogP contribution in [0.15, 0.2) is 33.5 Å². The van der Waals surface area contributed by atoms with Crippen molar-refractivity contribution in [3.05, 3.63) is 40.2 Å². The van der Waals surface area contributed by atoms with Gasteiger partial charge in [0.05, 0.1) is 5.92 Å². The Bertz CT molecular complexity index is 751. The molecule has 1 aliphatic rings. The third-order valence-corrected chi connectivity index (χ3v) is 4.28. The zero-order valence-corrected chi connectivity index (χ0v) is 12.9. The molecule has 4 heteroatoms. The van der Waals surface area contributed by atoms with Crippen molar-refractivity contribution in [1.29, 1.82) is 0 Å². The molecule has 0 saturated heterocycles. The molecular weight excluding hydrogens is 280 g/mol. The van der Waals surface area contributed by atoms with Crippen molar-refractivity contribution in [3.8, 4) is 5.75 Å². The van der Waals surface area contributed by atoms with E-state index in [9.17, 15) is 9.59 Å². The number of carbonyl (C=O) groups excluding carboxylic acids is 1. The van der Waals surface area contributed by atoms with Crippen molar-refractivity contribution in [1.82, 2.24) is 0 Å². The Hall–Kier alpha value is -2.10. The molecule has 4 nitrogen and oxygen atoms in total. The van der Waals surface area contributed by atoms with Gasteiger partial charge in [0.1, 0.15) is 11.3 Å². The molecule has 116 valence electrons. The second-order valence-corrected chi connectivity index (χ2v) is 6.24. The van der Waals surface area contributed by atoms with E-state index in [1.807, 2.05) is 19.9 Å². The predicted molar refractivity (Wildman–Crippen MR) is 84.2 cm³/mol. The minimum absolute atomic E-state index is 0.00436. The zero-order chi connectivity index (χ0) is 15.7. The summed E-state index contributed by atoms with van der Waals surface area (Å²) in [7, 11) is 0. The van der Waals surface area contributed by atoms with Gasteiger partial charge in [-0.1, -0.05) is 26.7 Å². The van der Waals surface area contributed by atoms with Crippen molar-refractivity contribution in [3.63, 3.8) is 0 Å². The normalized spacial score (nSPS) is 15.6. The molecule has 0 spiro atoms. The number of carbonyl (C=O) groups is 1. The van der Waals surface area contributed by atoms with Gasteiger partial charge in [0, 0.05) is 17.5 Å². The monoisotopic (exact) mass is 300 g/mol. The fourth-order valence-corrected chi connectivity index (χ4v) is 3.07. The van der Waals surface area contributed by atoms with Crippen molar-refractivity contribution in [2.24, 2.45) is 5.92 Å². The molecule has 1 aromatic carbocycles.